The van der Waals surface area contributed by atoms with Gasteiger partial charge in [-0.05, 0) is 26.3 Å². The van der Waals surface area contributed by atoms with Gasteiger partial charge in [-0.25, -0.2) is 4.98 Å². The monoisotopic (exact) mass is 397 g/mol. The minimum Gasteiger partial charge on any atom is -0.347 e. The van der Waals surface area contributed by atoms with Crippen LogP contribution < -0.4 is 10.9 Å². The summed E-state index contributed by atoms with van der Waals surface area (Å²) in [7, 11) is 1.92. The highest BCUT2D eigenvalue weighted by molar-refractivity contribution is 5.81. The number of nitrogens with one attached hydrogen (secondary N) is 1. The zero-order valence-corrected chi connectivity index (χ0v) is 17.3. The van der Waals surface area contributed by atoms with E-state index in [1.54, 1.807) is 22.5 Å². The van der Waals surface area contributed by atoms with Crippen molar-refractivity contribution in [3.05, 3.63) is 51.5 Å². The summed E-state index contributed by atoms with van der Waals surface area (Å²) in [5, 5.41) is 2.98. The van der Waals surface area contributed by atoms with Gasteiger partial charge in [-0.15, -0.1) is 0 Å². The molecule has 0 spiro atoms. The smallest absolute Gasteiger partial charge is 0.251 e. The van der Waals surface area contributed by atoms with E-state index in [0.717, 1.165) is 29.3 Å². The van der Waals surface area contributed by atoms with Crippen molar-refractivity contribution in [2.45, 2.75) is 45.7 Å². The Bertz CT molecular complexity index is 1040. The molecule has 4 heterocycles. The number of piperidine rings is 1. The van der Waals surface area contributed by atoms with Crippen molar-refractivity contribution >= 4 is 11.8 Å². The number of imidazole rings is 1. The third-order valence-corrected chi connectivity index (χ3v) is 6.49. The van der Waals surface area contributed by atoms with Crippen LogP contribution in [0.15, 0.2) is 23.0 Å². The first-order valence-corrected chi connectivity index (χ1v) is 10.0. The van der Waals surface area contributed by atoms with Crippen LogP contribution in [0.25, 0.3) is 0 Å². The maximum atomic E-state index is 13.3. The highest BCUT2D eigenvalue weighted by Crippen LogP contribution is 2.41. The lowest BCUT2D eigenvalue weighted by Crippen LogP contribution is -2.54. The van der Waals surface area contributed by atoms with Crippen LogP contribution in [-0.2, 0) is 23.2 Å². The van der Waals surface area contributed by atoms with Crippen molar-refractivity contribution in [2.75, 3.05) is 13.1 Å². The molecule has 1 N–H and O–H groups in total. The molecule has 2 bridgehead atoms. The van der Waals surface area contributed by atoms with E-state index in [1.807, 2.05) is 31.5 Å². The largest absolute Gasteiger partial charge is 0.347 e. The van der Waals surface area contributed by atoms with E-state index in [1.165, 1.54) is 6.07 Å². The van der Waals surface area contributed by atoms with Crippen LogP contribution in [0.2, 0.25) is 0 Å². The topological polar surface area (TPSA) is 89.2 Å². The summed E-state index contributed by atoms with van der Waals surface area (Å²) in [5.41, 5.74) is 2.66. The van der Waals surface area contributed by atoms with Crippen LogP contribution in [0.5, 0.6) is 0 Å². The molecule has 154 valence electrons. The van der Waals surface area contributed by atoms with Gasteiger partial charge in [0.05, 0.1) is 12.2 Å². The molecule has 8 nitrogen and oxygen atoms in total. The average Bonchev–Trinajstić information content (AvgIpc) is 2.93. The number of amides is 2. The van der Waals surface area contributed by atoms with Gasteiger partial charge in [0.2, 0.25) is 11.8 Å². The average molecular weight is 397 g/mol. The Balaban J connectivity index is 1.65. The molecule has 1 saturated heterocycles. The summed E-state index contributed by atoms with van der Waals surface area (Å²) in [5.74, 6) is 0.568. The molecule has 8 heteroatoms. The minimum atomic E-state index is -0.625. The zero-order valence-electron chi connectivity index (χ0n) is 17.3. The molecule has 2 aromatic rings. The maximum Gasteiger partial charge on any atom is 0.251 e. The Morgan fingerprint density at radius 2 is 2.00 bits per heavy atom. The second-order valence-electron chi connectivity index (χ2n) is 8.20. The quantitative estimate of drug-likeness (QED) is 0.838. The predicted molar refractivity (Wildman–Crippen MR) is 107 cm³/mol. The fourth-order valence-corrected chi connectivity index (χ4v) is 4.74. The molecule has 2 amide bonds. The summed E-state index contributed by atoms with van der Waals surface area (Å²) in [4.78, 5) is 44.3. The van der Waals surface area contributed by atoms with Gasteiger partial charge in [-0.3, -0.25) is 19.0 Å². The molecular formula is C21H27N5O3. The standard InChI is InChI=1S/C21H27N5O3/c1-12-13(2)24(4)18(23-12)9-22-21(29)20-16-8-15(10-25(11-16)14(3)27)17-6-5-7-19(28)26(17)20/h5-7,15-16,20H,8-11H2,1-4H3,(H,22,29)/t15-,16+,20-/m1/s1. The summed E-state index contributed by atoms with van der Waals surface area (Å²) in [6.45, 7) is 6.87. The fourth-order valence-electron chi connectivity index (χ4n) is 4.74. The second kappa shape index (κ2) is 7.17. The number of carbonyl (C=O) groups excluding carboxylic acids is 2. The first-order valence-electron chi connectivity index (χ1n) is 10.0. The number of fused-ring (bicyclic) bond motifs is 4. The van der Waals surface area contributed by atoms with E-state index >= 15 is 0 Å². The third kappa shape index (κ3) is 3.26. The normalized spacial score (nSPS) is 22.9. The molecule has 4 rings (SSSR count). The number of hydrogen-bond acceptors (Lipinski definition) is 4. The van der Waals surface area contributed by atoms with E-state index in [-0.39, 0.29) is 29.2 Å². The highest BCUT2D eigenvalue weighted by atomic mass is 16.2. The van der Waals surface area contributed by atoms with Gasteiger partial charge in [-0.1, -0.05) is 6.07 Å². The third-order valence-electron chi connectivity index (χ3n) is 6.49. The van der Waals surface area contributed by atoms with Gasteiger partial charge < -0.3 is 14.8 Å². The van der Waals surface area contributed by atoms with Crippen LogP contribution in [0.4, 0.5) is 0 Å². The predicted octanol–water partition coefficient (Wildman–Crippen LogP) is 1.02. The van der Waals surface area contributed by atoms with Crippen molar-refractivity contribution in [3.8, 4) is 0 Å². The van der Waals surface area contributed by atoms with Gasteiger partial charge in [0.1, 0.15) is 11.9 Å². The van der Waals surface area contributed by atoms with Gasteiger partial charge in [-0.2, -0.15) is 0 Å². The summed E-state index contributed by atoms with van der Waals surface area (Å²) in [6, 6.07) is 4.51. The lowest BCUT2D eigenvalue weighted by Gasteiger charge is -2.46. The Hall–Kier alpha value is -2.90. The van der Waals surface area contributed by atoms with Gasteiger partial charge >= 0.3 is 0 Å². The van der Waals surface area contributed by atoms with Gasteiger partial charge in [0, 0.05) is 56.4 Å². The van der Waals surface area contributed by atoms with Crippen LogP contribution in [0.3, 0.4) is 0 Å². The number of nitrogens with zero attached hydrogens (tertiary/aromatic N) is 4. The number of pyridine rings is 1. The molecule has 2 aliphatic heterocycles. The van der Waals surface area contributed by atoms with E-state index in [2.05, 4.69) is 10.3 Å². The summed E-state index contributed by atoms with van der Waals surface area (Å²) >= 11 is 0. The zero-order chi connectivity index (χ0) is 20.9. The molecule has 3 atom stereocenters. The lowest BCUT2D eigenvalue weighted by molar-refractivity contribution is -0.135. The van der Waals surface area contributed by atoms with Crippen molar-refractivity contribution in [1.82, 2.24) is 24.3 Å². The first-order chi connectivity index (χ1) is 13.8. The molecular weight excluding hydrogens is 370 g/mol. The van der Waals surface area contributed by atoms with Crippen molar-refractivity contribution in [3.63, 3.8) is 0 Å². The maximum absolute atomic E-state index is 13.3. The lowest BCUT2D eigenvalue weighted by atomic mass is 9.78. The molecule has 0 radical (unpaired) electrons. The van der Waals surface area contributed by atoms with Crippen LogP contribution in [0.1, 0.15) is 48.2 Å². The van der Waals surface area contributed by atoms with E-state index < -0.39 is 6.04 Å². The molecule has 2 aliphatic rings. The van der Waals surface area contributed by atoms with E-state index in [4.69, 9.17) is 0 Å². The molecule has 29 heavy (non-hydrogen) atoms. The van der Waals surface area contributed by atoms with E-state index in [9.17, 15) is 14.4 Å². The Labute approximate surface area is 169 Å². The number of rotatable bonds is 3. The number of carbonyl (C=O) groups is 2. The number of aryl methyl sites for hydroxylation is 1. The SMILES string of the molecule is CC(=O)N1C[C@H]2C[C@@H](C1)[C@H](C(=O)NCc1nc(C)c(C)n1C)n1c2cccc1=O. The summed E-state index contributed by atoms with van der Waals surface area (Å²) < 4.78 is 3.60. The molecule has 2 aromatic heterocycles. The Kier molecular flexibility index (Phi) is 4.80. The molecule has 0 saturated carbocycles. The second-order valence-corrected chi connectivity index (χ2v) is 8.20. The number of aromatic nitrogens is 3. The molecule has 0 aromatic carbocycles. The Morgan fingerprint density at radius 1 is 1.24 bits per heavy atom. The number of likely N-dealkylation sites (tertiary alicyclic amines) is 1. The first kappa shape index (κ1) is 19.4. The highest BCUT2D eigenvalue weighted by Gasteiger charge is 2.44. The summed E-state index contributed by atoms with van der Waals surface area (Å²) in [6.07, 6.45) is 0.798. The van der Waals surface area contributed by atoms with Crippen LogP contribution in [-0.4, -0.2) is 43.9 Å². The Morgan fingerprint density at radius 3 is 2.66 bits per heavy atom. The van der Waals surface area contributed by atoms with E-state index in [0.29, 0.717) is 19.6 Å². The molecule has 0 unspecified atom stereocenters. The minimum absolute atomic E-state index is 0.00421. The van der Waals surface area contributed by atoms with Crippen molar-refractivity contribution in [2.24, 2.45) is 13.0 Å². The molecule has 0 aliphatic carbocycles. The fraction of sp³-hybridized carbons (Fsp3) is 0.524. The van der Waals surface area contributed by atoms with Crippen LogP contribution >= 0.6 is 0 Å². The number of hydrogen-bond donors (Lipinski definition) is 1. The molecule has 1 fully saturated rings. The van der Waals surface area contributed by atoms with Gasteiger partial charge in [0.15, 0.2) is 0 Å². The van der Waals surface area contributed by atoms with Crippen molar-refractivity contribution in [1.29, 1.82) is 0 Å². The van der Waals surface area contributed by atoms with Gasteiger partial charge in [0.25, 0.3) is 5.56 Å². The van der Waals surface area contributed by atoms with Crippen LogP contribution in [0, 0.1) is 19.8 Å². The van der Waals surface area contributed by atoms with Crippen molar-refractivity contribution < 1.29 is 9.59 Å².